The summed E-state index contributed by atoms with van der Waals surface area (Å²) in [6, 6.07) is 4.33. The molecule has 0 aromatic carbocycles. The van der Waals surface area contributed by atoms with Gasteiger partial charge in [-0.2, -0.15) is 5.10 Å². The predicted molar refractivity (Wildman–Crippen MR) is 81.9 cm³/mol. The molecule has 3 aromatic heterocycles. The van der Waals surface area contributed by atoms with E-state index in [9.17, 15) is 0 Å². The van der Waals surface area contributed by atoms with Crippen molar-refractivity contribution in [3.05, 3.63) is 53.7 Å². The molecule has 0 unspecified atom stereocenters. The molecule has 1 N–H and O–H groups in total. The summed E-state index contributed by atoms with van der Waals surface area (Å²) in [5.41, 5.74) is 4.69. The van der Waals surface area contributed by atoms with Crippen LogP contribution in [-0.4, -0.2) is 30.7 Å². The molecule has 6 nitrogen and oxygen atoms in total. The number of hydrogen-bond donors (Lipinski definition) is 1. The average molecular weight is 298 g/mol. The molecule has 1 saturated carbocycles. The van der Waals surface area contributed by atoms with E-state index in [1.54, 1.807) is 0 Å². The Bertz CT molecular complexity index is 786. The van der Waals surface area contributed by atoms with E-state index in [0.29, 0.717) is 0 Å². The molecule has 1 aliphatic rings. The second kappa shape index (κ2) is 6.01. The molecule has 0 atom stereocenters. The van der Waals surface area contributed by atoms with Gasteiger partial charge in [-0.15, -0.1) is 0 Å². The standard InChI is InChI=1S/C15H16N4.CH2O2/c1-11-6-16-19(7-11)10-14-9-18-8-13(12-2-3-12)4-5-15(18)17-14;2-1-3/h4-9,12H,2-3,10H2,1H3;1H,(H,2,3). The highest BCUT2D eigenvalue weighted by molar-refractivity contribution is 5.42. The van der Waals surface area contributed by atoms with Crippen LogP contribution in [0.1, 0.15) is 35.6 Å². The summed E-state index contributed by atoms with van der Waals surface area (Å²) < 4.78 is 4.07. The lowest BCUT2D eigenvalue weighted by Crippen LogP contribution is -1.99. The van der Waals surface area contributed by atoms with Crippen molar-refractivity contribution in [1.29, 1.82) is 0 Å². The van der Waals surface area contributed by atoms with Gasteiger partial charge in [-0.05, 0) is 42.9 Å². The molecular formula is C16H18N4O2. The fourth-order valence-corrected chi connectivity index (χ4v) is 2.52. The van der Waals surface area contributed by atoms with Gasteiger partial charge in [-0.25, -0.2) is 4.98 Å². The zero-order valence-electron chi connectivity index (χ0n) is 12.4. The van der Waals surface area contributed by atoms with E-state index in [1.807, 2.05) is 17.1 Å². The van der Waals surface area contributed by atoms with Crippen LogP contribution in [-0.2, 0) is 11.3 Å². The minimum Gasteiger partial charge on any atom is -0.483 e. The zero-order valence-corrected chi connectivity index (χ0v) is 12.4. The van der Waals surface area contributed by atoms with E-state index in [1.165, 1.54) is 24.0 Å². The smallest absolute Gasteiger partial charge is 0.290 e. The zero-order chi connectivity index (χ0) is 15.5. The number of aryl methyl sites for hydroxylation is 1. The third-order valence-corrected chi connectivity index (χ3v) is 3.66. The fourth-order valence-electron chi connectivity index (χ4n) is 2.52. The van der Waals surface area contributed by atoms with E-state index in [4.69, 9.17) is 9.90 Å². The van der Waals surface area contributed by atoms with Crippen LogP contribution < -0.4 is 0 Å². The number of pyridine rings is 1. The molecule has 22 heavy (non-hydrogen) atoms. The maximum Gasteiger partial charge on any atom is 0.290 e. The summed E-state index contributed by atoms with van der Waals surface area (Å²) >= 11 is 0. The van der Waals surface area contributed by atoms with E-state index in [2.05, 4.69) is 45.9 Å². The van der Waals surface area contributed by atoms with Crippen LogP contribution in [0.3, 0.4) is 0 Å². The summed E-state index contributed by atoms with van der Waals surface area (Å²) in [7, 11) is 0. The Hall–Kier alpha value is -2.63. The van der Waals surface area contributed by atoms with Gasteiger partial charge in [0.05, 0.1) is 18.4 Å². The Morgan fingerprint density at radius 3 is 2.73 bits per heavy atom. The number of nitrogens with zero attached hydrogens (tertiary/aromatic N) is 4. The van der Waals surface area contributed by atoms with Crippen LogP contribution in [0.2, 0.25) is 0 Å². The molecule has 3 heterocycles. The molecule has 4 rings (SSSR count). The van der Waals surface area contributed by atoms with Gasteiger partial charge >= 0.3 is 0 Å². The number of rotatable bonds is 3. The average Bonchev–Trinajstić information content (AvgIpc) is 3.15. The van der Waals surface area contributed by atoms with Gasteiger partial charge in [0.25, 0.3) is 6.47 Å². The quantitative estimate of drug-likeness (QED) is 0.754. The van der Waals surface area contributed by atoms with Gasteiger partial charge in [0.2, 0.25) is 0 Å². The van der Waals surface area contributed by atoms with Crippen molar-refractivity contribution < 1.29 is 9.90 Å². The van der Waals surface area contributed by atoms with Crippen molar-refractivity contribution in [2.45, 2.75) is 32.2 Å². The van der Waals surface area contributed by atoms with Crippen LogP contribution in [0, 0.1) is 6.92 Å². The summed E-state index contributed by atoms with van der Waals surface area (Å²) in [5.74, 6) is 0.781. The first-order valence-corrected chi connectivity index (χ1v) is 7.24. The van der Waals surface area contributed by atoms with Crippen molar-refractivity contribution in [1.82, 2.24) is 19.2 Å². The van der Waals surface area contributed by atoms with Crippen molar-refractivity contribution in [2.24, 2.45) is 0 Å². The minimum atomic E-state index is -0.250. The maximum atomic E-state index is 8.36. The maximum absolute atomic E-state index is 8.36. The highest BCUT2D eigenvalue weighted by Crippen LogP contribution is 2.39. The first-order chi connectivity index (χ1) is 10.7. The SMILES string of the molecule is Cc1cnn(Cc2cn3cc(C4CC4)ccc3n2)c1.O=CO. The molecule has 0 bridgehead atoms. The van der Waals surface area contributed by atoms with Crippen molar-refractivity contribution in [2.75, 3.05) is 0 Å². The topological polar surface area (TPSA) is 72.4 Å². The molecule has 0 saturated heterocycles. The molecule has 0 aliphatic heterocycles. The van der Waals surface area contributed by atoms with Crippen LogP contribution >= 0.6 is 0 Å². The molecular weight excluding hydrogens is 280 g/mol. The molecule has 0 amide bonds. The Morgan fingerprint density at radius 2 is 2.09 bits per heavy atom. The summed E-state index contributed by atoms with van der Waals surface area (Å²) in [4.78, 5) is 13.0. The molecule has 1 aliphatic carbocycles. The number of hydrogen-bond acceptors (Lipinski definition) is 3. The van der Waals surface area contributed by atoms with Crippen molar-refractivity contribution in [3.63, 3.8) is 0 Å². The summed E-state index contributed by atoms with van der Waals surface area (Å²) in [6.45, 7) is 2.53. The van der Waals surface area contributed by atoms with Gasteiger partial charge in [0.15, 0.2) is 0 Å². The lowest BCUT2D eigenvalue weighted by atomic mass is 10.2. The number of carboxylic acid groups (broad SMARTS) is 1. The van der Waals surface area contributed by atoms with Crippen LogP contribution in [0.15, 0.2) is 36.9 Å². The lowest BCUT2D eigenvalue weighted by Gasteiger charge is -1.98. The molecule has 3 aromatic rings. The number of fused-ring (bicyclic) bond motifs is 1. The Kier molecular flexibility index (Phi) is 3.91. The Balaban J connectivity index is 0.000000446. The first-order valence-electron chi connectivity index (χ1n) is 7.24. The third-order valence-electron chi connectivity index (χ3n) is 3.66. The molecule has 0 spiro atoms. The largest absolute Gasteiger partial charge is 0.483 e. The van der Waals surface area contributed by atoms with E-state index < -0.39 is 0 Å². The number of imidazole rings is 1. The van der Waals surface area contributed by atoms with Crippen LogP contribution in [0.25, 0.3) is 5.65 Å². The van der Waals surface area contributed by atoms with E-state index in [-0.39, 0.29) is 6.47 Å². The first kappa shape index (κ1) is 14.3. The van der Waals surface area contributed by atoms with Gasteiger partial charge < -0.3 is 9.51 Å². The Labute approximate surface area is 128 Å². The minimum absolute atomic E-state index is 0.250. The summed E-state index contributed by atoms with van der Waals surface area (Å²) in [6.07, 6.45) is 10.9. The molecule has 0 radical (unpaired) electrons. The predicted octanol–water partition coefficient (Wildman–Crippen LogP) is 2.47. The normalized spacial score (nSPS) is 13.7. The monoisotopic (exact) mass is 298 g/mol. The lowest BCUT2D eigenvalue weighted by molar-refractivity contribution is -0.122. The highest BCUT2D eigenvalue weighted by atomic mass is 16.3. The van der Waals surface area contributed by atoms with Gasteiger partial charge in [-0.3, -0.25) is 9.48 Å². The van der Waals surface area contributed by atoms with Crippen LogP contribution in [0.4, 0.5) is 0 Å². The van der Waals surface area contributed by atoms with E-state index >= 15 is 0 Å². The fraction of sp³-hybridized carbons (Fsp3) is 0.312. The second-order valence-electron chi connectivity index (χ2n) is 5.56. The van der Waals surface area contributed by atoms with Crippen molar-refractivity contribution in [3.8, 4) is 0 Å². The highest BCUT2D eigenvalue weighted by Gasteiger charge is 2.23. The van der Waals surface area contributed by atoms with Gasteiger partial charge in [0, 0.05) is 18.6 Å². The Morgan fingerprint density at radius 1 is 1.32 bits per heavy atom. The second-order valence-corrected chi connectivity index (χ2v) is 5.56. The molecule has 6 heteroatoms. The van der Waals surface area contributed by atoms with Gasteiger partial charge in [0.1, 0.15) is 5.65 Å². The van der Waals surface area contributed by atoms with E-state index in [0.717, 1.165) is 23.8 Å². The number of carbonyl (C=O) groups is 1. The molecule has 1 fully saturated rings. The summed E-state index contributed by atoms with van der Waals surface area (Å²) in [5, 5.41) is 11.2. The molecule has 114 valence electrons. The van der Waals surface area contributed by atoms with Crippen molar-refractivity contribution >= 4 is 12.1 Å². The number of aromatic nitrogens is 4. The van der Waals surface area contributed by atoms with Gasteiger partial charge in [-0.1, -0.05) is 6.07 Å². The van der Waals surface area contributed by atoms with Crippen LogP contribution in [0.5, 0.6) is 0 Å². The third kappa shape index (κ3) is 3.16.